The molecule has 1 aliphatic heterocycles. The minimum atomic E-state index is -2.61. The van der Waals surface area contributed by atoms with Gasteiger partial charge in [-0.05, 0) is 75.4 Å². The van der Waals surface area contributed by atoms with E-state index in [1.54, 1.807) is 0 Å². The second-order valence-electron chi connectivity index (χ2n) is 15.3. The molecule has 4 atom stereocenters. The number of nitrogens with one attached hydrogen (secondary N) is 3. The van der Waals surface area contributed by atoms with E-state index in [0.717, 1.165) is 24.9 Å². The minimum absolute atomic E-state index is 0.0255. The van der Waals surface area contributed by atoms with Gasteiger partial charge < -0.3 is 4.57 Å². The van der Waals surface area contributed by atoms with E-state index in [4.69, 9.17) is 0 Å². The van der Waals surface area contributed by atoms with Gasteiger partial charge in [-0.25, -0.2) is 0 Å². The molecular formula is C51H46N4Si. The van der Waals surface area contributed by atoms with Crippen molar-refractivity contribution in [3.63, 3.8) is 0 Å². The second kappa shape index (κ2) is 15.0. The number of benzene rings is 6. The molecule has 6 aromatic carbocycles. The molecule has 3 N–H and O–H groups in total. The third-order valence-electron chi connectivity index (χ3n) is 12.0. The summed E-state index contributed by atoms with van der Waals surface area (Å²) < 4.78 is 2.39. The molecule has 3 aliphatic rings. The highest BCUT2D eigenvalue weighted by Crippen LogP contribution is 2.36. The Bertz CT molecular complexity index is 2510. The van der Waals surface area contributed by atoms with Crippen LogP contribution < -0.4 is 26.3 Å². The van der Waals surface area contributed by atoms with Crippen LogP contribution in [0.25, 0.3) is 27.5 Å². The first-order valence-corrected chi connectivity index (χ1v) is 22.1. The summed E-state index contributed by atoms with van der Waals surface area (Å²) in [6.07, 6.45) is 17.9. The summed E-state index contributed by atoms with van der Waals surface area (Å²) in [6.45, 7) is 0. The molecule has 1 aromatic heterocycles. The average molecular weight is 743 g/mol. The standard InChI is InChI=1S/C51H46N4Si/c1-5-18-37(19-6-1)49-52-50(38-32-34-40(35-33-38)55-47-30-15-13-28-45(47)46-29-14-16-31-48(46)55)54-51(53-49)39-20-17-27-44(36-39)56(41-21-7-2-8-22-41,42-23-9-3-10-24-42)43-25-11-4-12-26-43/h1-3,5-11,13-19,21-36,39,49-54H,4,12,20H2. The largest absolute Gasteiger partial charge is 0.309 e. The van der Waals surface area contributed by atoms with Gasteiger partial charge >= 0.3 is 0 Å². The van der Waals surface area contributed by atoms with E-state index in [1.165, 1.54) is 53.7 Å². The van der Waals surface area contributed by atoms with E-state index in [2.05, 4.69) is 221 Å². The third kappa shape index (κ3) is 6.14. The van der Waals surface area contributed by atoms with Crippen molar-refractivity contribution >= 4 is 40.3 Å². The molecule has 0 spiro atoms. The molecule has 10 rings (SSSR count). The van der Waals surface area contributed by atoms with Gasteiger partial charge in [-0.2, -0.15) is 0 Å². The van der Waals surface area contributed by atoms with Crippen LogP contribution in [0.2, 0.25) is 0 Å². The zero-order chi connectivity index (χ0) is 37.3. The van der Waals surface area contributed by atoms with Crippen molar-refractivity contribution in [2.24, 2.45) is 5.92 Å². The van der Waals surface area contributed by atoms with Gasteiger partial charge in [0.15, 0.2) is 8.07 Å². The van der Waals surface area contributed by atoms with Gasteiger partial charge in [0, 0.05) is 22.4 Å². The lowest BCUT2D eigenvalue weighted by molar-refractivity contribution is 0.170. The molecule has 1 fully saturated rings. The Kier molecular flexibility index (Phi) is 9.29. The van der Waals surface area contributed by atoms with Gasteiger partial charge in [0.1, 0.15) is 0 Å². The number of para-hydroxylation sites is 2. The Morgan fingerprint density at radius 1 is 0.482 bits per heavy atom. The predicted octanol–water partition coefficient (Wildman–Crippen LogP) is 9.71. The van der Waals surface area contributed by atoms with Crippen LogP contribution >= 0.6 is 0 Å². The Labute approximate surface area is 330 Å². The summed E-state index contributed by atoms with van der Waals surface area (Å²) in [5.74, 6) is 0.232. The van der Waals surface area contributed by atoms with Crippen molar-refractivity contribution in [3.8, 4) is 5.69 Å². The fraction of sp³-hybridized carbons (Fsp3) is 0.137. The van der Waals surface area contributed by atoms with Crippen LogP contribution in [0.1, 0.15) is 42.7 Å². The molecule has 4 unspecified atom stereocenters. The van der Waals surface area contributed by atoms with Gasteiger partial charge in [0.25, 0.3) is 0 Å². The summed E-state index contributed by atoms with van der Waals surface area (Å²) >= 11 is 0. The maximum Gasteiger partial charge on any atom is 0.178 e. The zero-order valence-corrected chi connectivity index (χ0v) is 32.4. The number of fused-ring (bicyclic) bond motifs is 3. The van der Waals surface area contributed by atoms with Crippen molar-refractivity contribution in [2.45, 2.75) is 37.8 Å². The highest BCUT2D eigenvalue weighted by Gasteiger charge is 2.45. The molecular weight excluding hydrogens is 697 g/mol. The molecule has 274 valence electrons. The van der Waals surface area contributed by atoms with Gasteiger partial charge in [0.2, 0.25) is 0 Å². The summed E-state index contributed by atoms with van der Waals surface area (Å²) in [5.41, 5.74) is 6.06. The molecule has 7 aromatic rings. The van der Waals surface area contributed by atoms with Crippen LogP contribution in [0.3, 0.4) is 0 Å². The lowest BCUT2D eigenvalue weighted by atomic mass is 9.94. The van der Waals surface area contributed by atoms with Gasteiger partial charge in [-0.3, -0.25) is 16.0 Å². The number of allylic oxidation sites excluding steroid dienone is 7. The monoisotopic (exact) mass is 742 g/mol. The van der Waals surface area contributed by atoms with Crippen molar-refractivity contribution in [2.75, 3.05) is 0 Å². The van der Waals surface area contributed by atoms with Crippen molar-refractivity contribution < 1.29 is 0 Å². The van der Waals surface area contributed by atoms with Crippen LogP contribution in [0.4, 0.5) is 0 Å². The van der Waals surface area contributed by atoms with Gasteiger partial charge in [-0.15, -0.1) is 0 Å². The lowest BCUT2D eigenvalue weighted by Crippen LogP contribution is -2.63. The Hall–Kier alpha value is -5.82. The lowest BCUT2D eigenvalue weighted by Gasteiger charge is -2.44. The molecule has 4 nitrogen and oxygen atoms in total. The first-order valence-electron chi connectivity index (χ1n) is 20.1. The second-order valence-corrected chi connectivity index (χ2v) is 19.1. The highest BCUT2D eigenvalue weighted by atomic mass is 28.3. The highest BCUT2D eigenvalue weighted by molar-refractivity contribution is 7.13. The maximum atomic E-state index is 4.06. The molecule has 0 radical (unpaired) electrons. The van der Waals surface area contributed by atoms with E-state index in [1.807, 2.05) is 0 Å². The van der Waals surface area contributed by atoms with Crippen LogP contribution in [0.5, 0.6) is 0 Å². The topological polar surface area (TPSA) is 41.0 Å². The smallest absolute Gasteiger partial charge is 0.178 e. The first kappa shape index (κ1) is 34.7. The molecule has 2 heterocycles. The summed E-state index contributed by atoms with van der Waals surface area (Å²) in [6, 6.07) is 60.0. The zero-order valence-electron chi connectivity index (χ0n) is 31.4. The first-order chi connectivity index (χ1) is 27.8. The van der Waals surface area contributed by atoms with E-state index in [0.29, 0.717) is 0 Å². The van der Waals surface area contributed by atoms with Crippen molar-refractivity contribution in [1.82, 2.24) is 20.5 Å². The van der Waals surface area contributed by atoms with E-state index >= 15 is 0 Å². The van der Waals surface area contributed by atoms with E-state index < -0.39 is 8.07 Å². The molecule has 2 aliphatic carbocycles. The van der Waals surface area contributed by atoms with Crippen LogP contribution in [0.15, 0.2) is 211 Å². The van der Waals surface area contributed by atoms with E-state index in [9.17, 15) is 0 Å². The number of hydrogen-bond acceptors (Lipinski definition) is 3. The molecule has 0 saturated carbocycles. The van der Waals surface area contributed by atoms with Gasteiger partial charge in [-0.1, -0.05) is 176 Å². The molecule has 56 heavy (non-hydrogen) atoms. The fourth-order valence-corrected chi connectivity index (χ4v) is 14.5. The number of nitrogens with zero attached hydrogens (tertiary/aromatic N) is 1. The Morgan fingerprint density at radius 3 is 1.61 bits per heavy atom. The van der Waals surface area contributed by atoms with Crippen LogP contribution in [-0.4, -0.2) is 18.8 Å². The van der Waals surface area contributed by atoms with Crippen molar-refractivity contribution in [1.29, 1.82) is 0 Å². The SMILES string of the molecule is C1=CC([Si](C2=CC(C3NC(c4ccccc4)NC(c4ccc(-n5c6ccccc6c6ccccc65)cc4)N3)CC=C2)(c2ccccc2)c2ccccc2)=CCC1. The normalized spacial score (nSPS) is 21.2. The van der Waals surface area contributed by atoms with Crippen LogP contribution in [-0.2, 0) is 0 Å². The summed E-state index contributed by atoms with van der Waals surface area (Å²) in [7, 11) is -2.61. The Morgan fingerprint density at radius 2 is 1.02 bits per heavy atom. The number of hydrogen-bond donors (Lipinski definition) is 3. The average Bonchev–Trinajstić information content (AvgIpc) is 3.62. The van der Waals surface area contributed by atoms with E-state index in [-0.39, 0.29) is 24.4 Å². The quantitative estimate of drug-likeness (QED) is 0.136. The summed E-state index contributed by atoms with van der Waals surface area (Å²) in [4.78, 5) is 0. The van der Waals surface area contributed by atoms with Crippen LogP contribution in [0, 0.1) is 5.92 Å². The minimum Gasteiger partial charge on any atom is -0.309 e. The molecule has 5 heteroatoms. The third-order valence-corrected chi connectivity index (χ3v) is 16.9. The summed E-state index contributed by atoms with van der Waals surface area (Å²) in [5, 5.41) is 20.4. The predicted molar refractivity (Wildman–Crippen MR) is 236 cm³/mol. The van der Waals surface area contributed by atoms with Crippen molar-refractivity contribution in [3.05, 3.63) is 222 Å². The van der Waals surface area contributed by atoms with Gasteiger partial charge in [0.05, 0.1) is 29.5 Å². The molecule has 0 bridgehead atoms. The fourth-order valence-electron chi connectivity index (χ4n) is 9.42. The molecule has 1 saturated heterocycles. The number of aromatic nitrogens is 1. The molecule has 0 amide bonds. The maximum absolute atomic E-state index is 4.06. The Balaban J connectivity index is 1.04. The number of rotatable bonds is 8.